The van der Waals surface area contributed by atoms with Crippen LogP contribution in [0.5, 0.6) is 0 Å². The van der Waals surface area contributed by atoms with E-state index in [-0.39, 0.29) is 19.5 Å². The molecule has 0 amide bonds. The quantitative estimate of drug-likeness (QED) is 0.515. The third kappa shape index (κ3) is 1.92. The van der Waals surface area contributed by atoms with Crippen molar-refractivity contribution in [2.45, 2.75) is 0 Å². The van der Waals surface area contributed by atoms with Crippen molar-refractivity contribution in [1.29, 1.82) is 5.41 Å². The van der Waals surface area contributed by atoms with Crippen LogP contribution in [-0.2, 0) is 19.5 Å². The number of benzene rings is 1. The summed E-state index contributed by atoms with van der Waals surface area (Å²) in [4.78, 5) is 0. The molecule has 0 unspecified atom stereocenters. The molecule has 48 valence electrons. The fourth-order valence-corrected chi connectivity index (χ4v) is 0.623. The van der Waals surface area contributed by atoms with Gasteiger partial charge in [0.05, 0.1) is 0 Å². The van der Waals surface area contributed by atoms with Gasteiger partial charge in [0.2, 0.25) is 0 Å². The Morgan fingerprint density at radius 1 is 1.30 bits per heavy atom. The smallest absolute Gasteiger partial charge is 0.0237 e. The summed E-state index contributed by atoms with van der Waals surface area (Å²) in [5.41, 5.74) is 8.29. The van der Waals surface area contributed by atoms with E-state index in [2.05, 4.69) is 0 Å². The van der Waals surface area contributed by atoms with Crippen LogP contribution in [0.1, 0.15) is 5.56 Å². The molecule has 3 heteroatoms. The standard InChI is InChI=1S/C7H7N2.Zn/c8-5-6-3-1-2-4-7(6)9;/h1-5,8-9H;/q-1;. The van der Waals surface area contributed by atoms with E-state index in [1.807, 2.05) is 6.07 Å². The second-order valence-electron chi connectivity index (χ2n) is 1.73. The minimum atomic E-state index is 0. The molecule has 0 aliphatic carbocycles. The van der Waals surface area contributed by atoms with Crippen LogP contribution in [0.4, 0.5) is 5.69 Å². The molecule has 1 aromatic carbocycles. The van der Waals surface area contributed by atoms with Crippen molar-refractivity contribution >= 4 is 11.9 Å². The summed E-state index contributed by atoms with van der Waals surface area (Å²) in [6.45, 7) is 0. The van der Waals surface area contributed by atoms with Crippen LogP contribution >= 0.6 is 0 Å². The Hall–Kier alpha value is -0.687. The van der Waals surface area contributed by atoms with Gasteiger partial charge >= 0.3 is 0 Å². The van der Waals surface area contributed by atoms with E-state index in [0.29, 0.717) is 11.3 Å². The van der Waals surface area contributed by atoms with Gasteiger partial charge in [0, 0.05) is 25.7 Å². The van der Waals surface area contributed by atoms with E-state index in [1.54, 1.807) is 18.2 Å². The maximum atomic E-state index is 7.22. The van der Waals surface area contributed by atoms with Gasteiger partial charge in [-0.15, -0.1) is 5.69 Å². The summed E-state index contributed by atoms with van der Waals surface area (Å²) in [5.74, 6) is 0. The van der Waals surface area contributed by atoms with Crippen molar-refractivity contribution in [3.8, 4) is 0 Å². The van der Waals surface area contributed by atoms with Crippen molar-refractivity contribution in [2.75, 3.05) is 0 Å². The third-order valence-corrected chi connectivity index (χ3v) is 1.12. The van der Waals surface area contributed by atoms with E-state index < -0.39 is 0 Å². The zero-order valence-corrected chi connectivity index (χ0v) is 8.56. The van der Waals surface area contributed by atoms with Gasteiger partial charge < -0.3 is 11.1 Å². The molecule has 0 aromatic heterocycles. The maximum absolute atomic E-state index is 7.22. The van der Waals surface area contributed by atoms with Crippen LogP contribution in [0.2, 0.25) is 0 Å². The van der Waals surface area contributed by atoms with Crippen molar-refractivity contribution in [3.63, 3.8) is 0 Å². The van der Waals surface area contributed by atoms with Gasteiger partial charge in [-0.2, -0.15) is 0 Å². The van der Waals surface area contributed by atoms with Gasteiger partial charge in [-0.25, -0.2) is 0 Å². The molecule has 0 atom stereocenters. The molecular formula is C7H7N2Zn-. The first-order valence-electron chi connectivity index (χ1n) is 2.65. The molecule has 0 saturated heterocycles. The molecule has 10 heavy (non-hydrogen) atoms. The van der Waals surface area contributed by atoms with E-state index in [0.717, 1.165) is 0 Å². The second-order valence-corrected chi connectivity index (χ2v) is 1.73. The van der Waals surface area contributed by atoms with Crippen molar-refractivity contribution in [3.05, 3.63) is 35.6 Å². The fourth-order valence-electron chi connectivity index (χ4n) is 0.623. The Morgan fingerprint density at radius 2 is 1.90 bits per heavy atom. The topological polar surface area (TPSA) is 47.7 Å². The average Bonchev–Trinajstić information content (AvgIpc) is 1.89. The summed E-state index contributed by atoms with van der Waals surface area (Å²) in [6, 6.07) is 7.02. The van der Waals surface area contributed by atoms with Gasteiger partial charge in [-0.3, -0.25) is 0 Å². The summed E-state index contributed by atoms with van der Waals surface area (Å²) in [5, 5.41) is 6.84. The Kier molecular flexibility index (Phi) is 3.89. The van der Waals surface area contributed by atoms with Crippen molar-refractivity contribution in [1.82, 2.24) is 0 Å². The largest absolute Gasteiger partial charge is 0.698 e. The minimum absolute atomic E-state index is 0. The molecule has 0 spiro atoms. The van der Waals surface area contributed by atoms with Crippen LogP contribution in [0.3, 0.4) is 0 Å². The first-order chi connectivity index (χ1) is 4.34. The van der Waals surface area contributed by atoms with Crippen LogP contribution < -0.4 is 0 Å². The SMILES string of the molecule is N=Cc1ccccc1[NH-].[Zn]. The normalized spacial score (nSPS) is 8.00. The summed E-state index contributed by atoms with van der Waals surface area (Å²) in [6.07, 6.45) is 1.18. The van der Waals surface area contributed by atoms with E-state index >= 15 is 0 Å². The molecule has 1 rings (SSSR count). The van der Waals surface area contributed by atoms with Gasteiger partial charge in [0.25, 0.3) is 0 Å². The van der Waals surface area contributed by atoms with Gasteiger partial charge in [0.1, 0.15) is 0 Å². The van der Waals surface area contributed by atoms with Crippen LogP contribution in [0, 0.1) is 5.41 Å². The molecule has 0 radical (unpaired) electrons. The first kappa shape index (κ1) is 9.31. The Balaban J connectivity index is 0.000000810. The van der Waals surface area contributed by atoms with E-state index in [4.69, 9.17) is 11.1 Å². The second kappa shape index (κ2) is 4.18. The van der Waals surface area contributed by atoms with E-state index in [9.17, 15) is 0 Å². The predicted molar refractivity (Wildman–Crippen MR) is 38.3 cm³/mol. The van der Waals surface area contributed by atoms with Crippen molar-refractivity contribution < 1.29 is 19.5 Å². The molecule has 0 heterocycles. The fraction of sp³-hybridized carbons (Fsp3) is 0. The first-order valence-corrected chi connectivity index (χ1v) is 2.65. The van der Waals surface area contributed by atoms with Gasteiger partial charge in [-0.05, 0) is 5.56 Å². The Morgan fingerprint density at radius 3 is 2.30 bits per heavy atom. The van der Waals surface area contributed by atoms with Gasteiger partial charge in [0.15, 0.2) is 0 Å². The zero-order chi connectivity index (χ0) is 6.69. The molecule has 2 nitrogen and oxygen atoms in total. The molecule has 0 aliphatic heterocycles. The number of rotatable bonds is 1. The minimum Gasteiger partial charge on any atom is -0.698 e. The summed E-state index contributed by atoms with van der Waals surface area (Å²) < 4.78 is 0. The van der Waals surface area contributed by atoms with Crippen LogP contribution in [-0.4, -0.2) is 6.21 Å². The predicted octanol–water partition coefficient (Wildman–Crippen LogP) is 2.37. The summed E-state index contributed by atoms with van der Waals surface area (Å²) >= 11 is 0. The Bertz CT molecular complexity index is 223. The van der Waals surface area contributed by atoms with Crippen molar-refractivity contribution in [2.24, 2.45) is 0 Å². The molecule has 1 aromatic rings. The van der Waals surface area contributed by atoms with Crippen LogP contribution in [0.15, 0.2) is 24.3 Å². The number of hydrogen-bond acceptors (Lipinski definition) is 1. The zero-order valence-electron chi connectivity index (χ0n) is 5.59. The summed E-state index contributed by atoms with van der Waals surface area (Å²) in [7, 11) is 0. The molecule has 0 bridgehead atoms. The molecular weight excluding hydrogens is 177 g/mol. The maximum Gasteiger partial charge on any atom is 0.0237 e. The number of hydrogen-bond donors (Lipinski definition) is 1. The molecule has 0 saturated carbocycles. The third-order valence-electron chi connectivity index (χ3n) is 1.12. The average molecular weight is 185 g/mol. The molecule has 0 fully saturated rings. The molecule has 0 aliphatic rings. The van der Waals surface area contributed by atoms with E-state index in [1.165, 1.54) is 6.21 Å². The molecule has 2 N–H and O–H groups in total. The Labute approximate surface area is 72.7 Å². The number of nitrogens with one attached hydrogen (secondary N) is 2. The monoisotopic (exact) mass is 183 g/mol. The van der Waals surface area contributed by atoms with Gasteiger partial charge in [-0.1, -0.05) is 24.3 Å². The van der Waals surface area contributed by atoms with Crippen LogP contribution in [0.25, 0.3) is 5.73 Å².